The van der Waals surface area contributed by atoms with Gasteiger partial charge in [0.15, 0.2) is 0 Å². The fraction of sp³-hybridized carbons (Fsp3) is 0.289. The first-order valence-electron chi connectivity index (χ1n) is 30.6. The summed E-state index contributed by atoms with van der Waals surface area (Å²) in [4.78, 5) is 13.3. The van der Waals surface area contributed by atoms with E-state index in [1.807, 2.05) is 172 Å². The quantitative estimate of drug-likeness (QED) is 0.151. The molecule has 8 heterocycles. The Morgan fingerprint density at radius 1 is 0.237 bits per heavy atom. The lowest BCUT2D eigenvalue weighted by Crippen LogP contribution is -2.29. The second-order valence-electron chi connectivity index (χ2n) is 17.7. The molecule has 0 atom stereocenters. The Hall–Kier alpha value is -7.82. The fourth-order valence-electron chi connectivity index (χ4n) is 11.2. The van der Waals surface area contributed by atoms with Crippen molar-refractivity contribution in [3.63, 3.8) is 0 Å². The van der Waals surface area contributed by atoms with Crippen molar-refractivity contribution in [2.75, 3.05) is 9.80 Å². The molecule has 80 heavy (non-hydrogen) atoms. The van der Waals surface area contributed by atoms with Crippen molar-refractivity contribution in [2.45, 2.75) is 149 Å². The standard InChI is InChI=1S/2C21H15N.2C9H7N.8C2H6/c2*1-4-13-10-15-6-2-8-17-12-18-9-3-7-16-11-14(5-1)19(13)22(20(15)17)21(16)18;1-2-6-9-8(4-1)5-3-7-10-9;1-2-4-9-7-10-6-5-8(9)3-1;8*1-2/h2*1-9H,10-12H2;2*1-7H;8*1-2H3. The highest BCUT2D eigenvalue weighted by Crippen LogP contribution is 2.57. The molecule has 6 aliphatic heterocycles. The molecule has 0 aliphatic carbocycles. The van der Waals surface area contributed by atoms with E-state index in [-0.39, 0.29) is 0 Å². The van der Waals surface area contributed by atoms with Gasteiger partial charge in [0, 0.05) is 62.5 Å². The molecule has 416 valence electrons. The van der Waals surface area contributed by atoms with Gasteiger partial charge in [-0.25, -0.2) is 0 Å². The third kappa shape index (κ3) is 13.1. The van der Waals surface area contributed by atoms with Crippen molar-refractivity contribution in [3.8, 4) is 0 Å². The van der Waals surface area contributed by atoms with Crippen molar-refractivity contribution in [1.82, 2.24) is 9.97 Å². The summed E-state index contributed by atoms with van der Waals surface area (Å²) in [6.45, 7) is 32.0. The first-order chi connectivity index (χ1) is 39.7. The van der Waals surface area contributed by atoms with E-state index < -0.39 is 0 Å². The molecule has 0 N–H and O–H groups in total. The molecule has 8 aromatic carbocycles. The lowest BCUT2D eigenvalue weighted by atomic mass is 9.80. The van der Waals surface area contributed by atoms with Crippen LogP contribution in [0, 0.1) is 0 Å². The highest BCUT2D eigenvalue weighted by molar-refractivity contribution is 5.95. The minimum Gasteiger partial charge on any atom is -0.309 e. The molecule has 2 aromatic heterocycles. The Kier molecular flexibility index (Phi) is 25.4. The first kappa shape index (κ1) is 63.0. The first-order valence-corrected chi connectivity index (χ1v) is 30.6. The average molecular weight is 1060 g/mol. The van der Waals surface area contributed by atoms with E-state index in [9.17, 15) is 0 Å². The molecule has 0 saturated heterocycles. The molecule has 0 amide bonds. The normalized spacial score (nSPS) is 11.7. The van der Waals surface area contributed by atoms with Crippen LogP contribution in [0.5, 0.6) is 0 Å². The van der Waals surface area contributed by atoms with Crippen molar-refractivity contribution in [3.05, 3.63) is 261 Å². The Labute approximate surface area is 483 Å². The third-order valence-corrected chi connectivity index (χ3v) is 13.9. The number of hydrogen-bond donors (Lipinski definition) is 0. The predicted octanol–water partition coefficient (Wildman–Crippen LogP) is 22.4. The summed E-state index contributed by atoms with van der Waals surface area (Å²) < 4.78 is 0. The second kappa shape index (κ2) is 32.3. The molecule has 0 saturated carbocycles. The lowest BCUT2D eigenvalue weighted by molar-refractivity contribution is 0.956. The minimum atomic E-state index is 1.06. The molecule has 4 heteroatoms. The van der Waals surface area contributed by atoms with Gasteiger partial charge < -0.3 is 9.80 Å². The van der Waals surface area contributed by atoms with Crippen LogP contribution in [0.2, 0.25) is 0 Å². The topological polar surface area (TPSA) is 32.3 Å². The summed E-state index contributed by atoms with van der Waals surface area (Å²) in [5.41, 5.74) is 27.5. The number of para-hydroxylation sites is 7. The van der Waals surface area contributed by atoms with E-state index >= 15 is 0 Å². The van der Waals surface area contributed by atoms with Crippen LogP contribution in [0.3, 0.4) is 0 Å². The van der Waals surface area contributed by atoms with Gasteiger partial charge in [0.2, 0.25) is 0 Å². The van der Waals surface area contributed by atoms with E-state index in [0.717, 1.165) is 44.0 Å². The van der Waals surface area contributed by atoms with Gasteiger partial charge >= 0.3 is 0 Å². The maximum absolute atomic E-state index is 4.18. The van der Waals surface area contributed by atoms with E-state index in [1.165, 1.54) is 117 Å². The van der Waals surface area contributed by atoms with Crippen LogP contribution in [-0.2, 0) is 38.5 Å². The fourth-order valence-corrected chi connectivity index (χ4v) is 11.2. The number of pyridine rings is 2. The van der Waals surface area contributed by atoms with Crippen molar-refractivity contribution < 1.29 is 0 Å². The summed E-state index contributed by atoms with van der Waals surface area (Å²) in [5.74, 6) is 0. The number of nitrogens with zero attached hydrogens (tertiary/aromatic N) is 4. The molecule has 10 aromatic rings. The Balaban J connectivity index is 0.000000189. The van der Waals surface area contributed by atoms with Crippen LogP contribution in [-0.4, -0.2) is 9.97 Å². The molecule has 0 radical (unpaired) electrons. The van der Waals surface area contributed by atoms with Crippen LogP contribution in [0.15, 0.2) is 195 Å². The number of rotatable bonds is 0. The van der Waals surface area contributed by atoms with Crippen LogP contribution in [0.4, 0.5) is 34.1 Å². The summed E-state index contributed by atoms with van der Waals surface area (Å²) in [7, 11) is 0. The predicted molar refractivity (Wildman–Crippen MR) is 353 cm³/mol. The molecule has 0 fully saturated rings. The van der Waals surface area contributed by atoms with E-state index in [1.54, 1.807) is 0 Å². The molecule has 0 unspecified atom stereocenters. The Morgan fingerprint density at radius 3 is 0.762 bits per heavy atom. The largest absolute Gasteiger partial charge is 0.309 e. The number of anilines is 6. The lowest BCUT2D eigenvalue weighted by Gasteiger charge is -2.44. The highest BCUT2D eigenvalue weighted by atomic mass is 15.2. The number of fused-ring (bicyclic) bond motifs is 2. The minimum absolute atomic E-state index is 1.06. The highest BCUT2D eigenvalue weighted by Gasteiger charge is 2.38. The zero-order chi connectivity index (χ0) is 58.1. The summed E-state index contributed by atoms with van der Waals surface area (Å²) >= 11 is 0. The van der Waals surface area contributed by atoms with Gasteiger partial charge in [0.1, 0.15) is 0 Å². The number of aromatic nitrogens is 2. The molecular weight excluding hydrogens is 969 g/mol. The van der Waals surface area contributed by atoms with Crippen LogP contribution < -0.4 is 9.80 Å². The van der Waals surface area contributed by atoms with Crippen LogP contribution in [0.25, 0.3) is 21.7 Å². The maximum atomic E-state index is 4.18. The third-order valence-electron chi connectivity index (χ3n) is 13.9. The molecule has 16 rings (SSSR count). The summed E-state index contributed by atoms with van der Waals surface area (Å²) in [6.07, 6.45) is 11.9. The van der Waals surface area contributed by atoms with Crippen molar-refractivity contribution in [2.24, 2.45) is 0 Å². The zero-order valence-corrected chi connectivity index (χ0v) is 51.5. The zero-order valence-electron chi connectivity index (χ0n) is 51.5. The van der Waals surface area contributed by atoms with Gasteiger partial charge in [-0.3, -0.25) is 9.97 Å². The second-order valence-corrected chi connectivity index (χ2v) is 17.7. The molecular formula is C76H92N4. The van der Waals surface area contributed by atoms with Crippen LogP contribution in [0.1, 0.15) is 178 Å². The van der Waals surface area contributed by atoms with E-state index in [2.05, 4.69) is 153 Å². The van der Waals surface area contributed by atoms with Gasteiger partial charge in [0.25, 0.3) is 0 Å². The Bertz CT molecular complexity index is 2760. The van der Waals surface area contributed by atoms with Gasteiger partial charge in [-0.05, 0) is 95.7 Å². The summed E-state index contributed by atoms with van der Waals surface area (Å²) in [6, 6.07) is 63.3. The summed E-state index contributed by atoms with van der Waals surface area (Å²) in [5, 5.41) is 3.65. The smallest absolute Gasteiger partial charge is 0.0701 e. The van der Waals surface area contributed by atoms with E-state index in [4.69, 9.17) is 0 Å². The SMILES string of the molecule is CC.CC.CC.CC.CC.CC.CC.CC.c1cc2c3c(c1)Cc1cccc4c1N3c1c(cccc1C4)C2.c1cc2c3c(c1)Cc1cccc4c1N3c1c(cccc1C4)C2.c1ccc2cnccc2c1.c1ccc2ncccc2c1. The van der Waals surface area contributed by atoms with Gasteiger partial charge in [-0.2, -0.15) is 0 Å². The monoisotopic (exact) mass is 1060 g/mol. The van der Waals surface area contributed by atoms with Crippen LogP contribution >= 0.6 is 0 Å². The van der Waals surface area contributed by atoms with Crippen molar-refractivity contribution >= 4 is 55.8 Å². The maximum Gasteiger partial charge on any atom is 0.0701 e. The molecule has 6 aliphatic rings. The molecule has 4 nitrogen and oxygen atoms in total. The average Bonchev–Trinajstić information content (AvgIpc) is 3.59. The van der Waals surface area contributed by atoms with Gasteiger partial charge in [-0.15, -0.1) is 0 Å². The number of hydrogen-bond acceptors (Lipinski definition) is 4. The molecule has 0 spiro atoms. The van der Waals surface area contributed by atoms with Crippen molar-refractivity contribution in [1.29, 1.82) is 0 Å². The Morgan fingerprint density at radius 2 is 0.487 bits per heavy atom. The van der Waals surface area contributed by atoms with E-state index in [0.29, 0.717) is 0 Å². The molecule has 0 bridgehead atoms. The number of benzene rings is 8. The van der Waals surface area contributed by atoms with Gasteiger partial charge in [0.05, 0.1) is 39.6 Å². The van der Waals surface area contributed by atoms with Gasteiger partial charge in [-0.1, -0.05) is 269 Å².